The molecule has 0 atom stereocenters. The summed E-state index contributed by atoms with van der Waals surface area (Å²) in [4.78, 5) is 16.9. The number of carbonyl (C=O) groups is 1. The molecule has 0 aliphatic carbocycles. The fraction of sp³-hybridized carbons (Fsp3) is 0.409. The Balaban J connectivity index is 1.60. The number of hydrogen-bond donors (Lipinski definition) is 0. The normalized spacial score (nSPS) is 15.3. The molecule has 1 saturated heterocycles. The predicted octanol–water partition coefficient (Wildman–Crippen LogP) is 2.70. The Morgan fingerprint density at radius 1 is 1.10 bits per heavy atom. The van der Waals surface area contributed by atoms with E-state index in [1.54, 1.807) is 11.8 Å². The number of likely N-dealkylation sites (N-methyl/N-ethyl adjacent to an activating group) is 1. The fourth-order valence-electron chi connectivity index (χ4n) is 3.57. The largest absolute Gasteiger partial charge is 0.495 e. The van der Waals surface area contributed by atoms with Gasteiger partial charge in [-0.2, -0.15) is 4.31 Å². The highest BCUT2D eigenvalue weighted by Gasteiger charge is 2.29. The van der Waals surface area contributed by atoms with Gasteiger partial charge in [0.2, 0.25) is 15.9 Å². The molecule has 31 heavy (non-hydrogen) atoms. The van der Waals surface area contributed by atoms with Crippen molar-refractivity contribution >= 4 is 27.5 Å². The van der Waals surface area contributed by atoms with Crippen molar-refractivity contribution < 1.29 is 17.9 Å². The number of ether oxygens (including phenoxy) is 1. The first-order chi connectivity index (χ1) is 14.8. The standard InChI is InChI=1S/C22H28ClN3O4S/c1-3-26(31(28,29)19-9-10-21(30-2)20(23)15-19)17-22(27)25-13-11-24(12-14-25)16-18-7-5-4-6-8-18/h4-10,15H,3,11-14,16-17H2,1-2H3. The second-order valence-corrected chi connectivity index (χ2v) is 9.72. The quantitative estimate of drug-likeness (QED) is 0.599. The summed E-state index contributed by atoms with van der Waals surface area (Å²) in [6.45, 7) is 5.23. The predicted molar refractivity (Wildman–Crippen MR) is 121 cm³/mol. The van der Waals surface area contributed by atoms with Crippen molar-refractivity contribution in [3.05, 3.63) is 59.1 Å². The molecule has 168 valence electrons. The van der Waals surface area contributed by atoms with E-state index < -0.39 is 10.0 Å². The van der Waals surface area contributed by atoms with Gasteiger partial charge in [-0.1, -0.05) is 48.9 Å². The molecular weight excluding hydrogens is 438 g/mol. The molecule has 1 amide bonds. The van der Waals surface area contributed by atoms with E-state index in [1.165, 1.54) is 35.2 Å². The van der Waals surface area contributed by atoms with Gasteiger partial charge in [-0.25, -0.2) is 8.42 Å². The number of halogens is 1. The Bertz CT molecular complexity index is 993. The number of amides is 1. The van der Waals surface area contributed by atoms with Crippen LogP contribution in [0.15, 0.2) is 53.4 Å². The van der Waals surface area contributed by atoms with Crippen molar-refractivity contribution in [3.63, 3.8) is 0 Å². The lowest BCUT2D eigenvalue weighted by Crippen LogP contribution is -2.51. The Labute approximate surface area is 189 Å². The monoisotopic (exact) mass is 465 g/mol. The summed E-state index contributed by atoms with van der Waals surface area (Å²) < 4.78 is 32.3. The molecule has 0 aromatic heterocycles. The summed E-state index contributed by atoms with van der Waals surface area (Å²) in [7, 11) is -2.38. The number of hydrogen-bond acceptors (Lipinski definition) is 5. The van der Waals surface area contributed by atoms with Gasteiger partial charge < -0.3 is 9.64 Å². The van der Waals surface area contributed by atoms with Gasteiger partial charge in [-0.3, -0.25) is 9.69 Å². The highest BCUT2D eigenvalue weighted by Crippen LogP contribution is 2.28. The van der Waals surface area contributed by atoms with Gasteiger partial charge in [-0.05, 0) is 23.8 Å². The minimum Gasteiger partial charge on any atom is -0.495 e. The van der Waals surface area contributed by atoms with Crippen LogP contribution < -0.4 is 4.74 Å². The topological polar surface area (TPSA) is 70.2 Å². The molecule has 1 aliphatic rings. The van der Waals surface area contributed by atoms with E-state index in [1.807, 2.05) is 18.2 Å². The molecule has 0 bridgehead atoms. The van der Waals surface area contributed by atoms with Crippen molar-refractivity contribution in [2.45, 2.75) is 18.4 Å². The minimum atomic E-state index is -3.85. The molecule has 0 spiro atoms. The lowest BCUT2D eigenvalue weighted by atomic mass is 10.2. The summed E-state index contributed by atoms with van der Waals surface area (Å²) in [5, 5.41) is 0.209. The molecule has 1 heterocycles. The Hall–Kier alpha value is -2.13. The van der Waals surface area contributed by atoms with Crippen LogP contribution in [0.1, 0.15) is 12.5 Å². The van der Waals surface area contributed by atoms with Crippen LogP contribution in [0.3, 0.4) is 0 Å². The number of nitrogens with zero attached hydrogens (tertiary/aromatic N) is 3. The Morgan fingerprint density at radius 3 is 2.35 bits per heavy atom. The van der Waals surface area contributed by atoms with Crippen LogP contribution in [0.2, 0.25) is 5.02 Å². The van der Waals surface area contributed by atoms with Crippen LogP contribution in [0.25, 0.3) is 0 Å². The lowest BCUT2D eigenvalue weighted by molar-refractivity contribution is -0.133. The third-order valence-corrected chi connectivity index (χ3v) is 7.61. The van der Waals surface area contributed by atoms with Crippen molar-refractivity contribution in [1.29, 1.82) is 0 Å². The van der Waals surface area contributed by atoms with Crippen LogP contribution in [-0.2, 0) is 21.4 Å². The van der Waals surface area contributed by atoms with Gasteiger partial charge in [0.25, 0.3) is 0 Å². The Morgan fingerprint density at radius 2 is 1.77 bits per heavy atom. The first-order valence-electron chi connectivity index (χ1n) is 10.2. The minimum absolute atomic E-state index is 0.0423. The van der Waals surface area contributed by atoms with Gasteiger partial charge in [0.1, 0.15) is 5.75 Å². The smallest absolute Gasteiger partial charge is 0.243 e. The summed E-state index contributed by atoms with van der Waals surface area (Å²) in [5.41, 5.74) is 1.24. The Kier molecular flexibility index (Phi) is 7.94. The molecule has 2 aromatic rings. The van der Waals surface area contributed by atoms with Crippen LogP contribution in [-0.4, -0.2) is 74.8 Å². The number of carbonyl (C=O) groups excluding carboxylic acids is 1. The maximum atomic E-state index is 13.0. The summed E-state index contributed by atoms with van der Waals surface area (Å²) >= 11 is 6.09. The first kappa shape index (κ1) is 23.5. The molecule has 3 rings (SSSR count). The highest BCUT2D eigenvalue weighted by molar-refractivity contribution is 7.89. The van der Waals surface area contributed by atoms with Crippen LogP contribution in [0, 0.1) is 0 Å². The molecule has 0 radical (unpaired) electrons. The van der Waals surface area contributed by atoms with E-state index in [9.17, 15) is 13.2 Å². The summed E-state index contributed by atoms with van der Waals surface area (Å²) in [6.07, 6.45) is 0. The number of benzene rings is 2. The van der Waals surface area contributed by atoms with Gasteiger partial charge in [0.05, 0.1) is 23.6 Å². The van der Waals surface area contributed by atoms with E-state index in [0.29, 0.717) is 18.8 Å². The van der Waals surface area contributed by atoms with E-state index in [0.717, 1.165) is 19.6 Å². The molecule has 0 unspecified atom stereocenters. The maximum absolute atomic E-state index is 13.0. The zero-order valence-electron chi connectivity index (χ0n) is 17.8. The second-order valence-electron chi connectivity index (χ2n) is 7.37. The molecule has 0 saturated carbocycles. The molecule has 7 nitrogen and oxygen atoms in total. The van der Waals surface area contributed by atoms with Crippen LogP contribution in [0.5, 0.6) is 5.75 Å². The molecular formula is C22H28ClN3O4S. The highest BCUT2D eigenvalue weighted by atomic mass is 35.5. The van der Waals surface area contributed by atoms with Gasteiger partial charge in [-0.15, -0.1) is 0 Å². The zero-order valence-corrected chi connectivity index (χ0v) is 19.4. The van der Waals surface area contributed by atoms with E-state index >= 15 is 0 Å². The average molecular weight is 466 g/mol. The second kappa shape index (κ2) is 10.5. The maximum Gasteiger partial charge on any atom is 0.243 e. The summed E-state index contributed by atoms with van der Waals surface area (Å²) in [5.74, 6) is 0.206. The zero-order chi connectivity index (χ0) is 22.4. The number of sulfonamides is 1. The van der Waals surface area contributed by atoms with Crippen LogP contribution >= 0.6 is 11.6 Å². The SMILES string of the molecule is CCN(CC(=O)N1CCN(Cc2ccccc2)CC1)S(=O)(=O)c1ccc(OC)c(Cl)c1. The number of methoxy groups -OCH3 is 1. The van der Waals surface area contributed by atoms with E-state index in [2.05, 4.69) is 17.0 Å². The van der Waals surface area contributed by atoms with E-state index in [-0.39, 0.29) is 28.9 Å². The first-order valence-corrected chi connectivity index (χ1v) is 12.0. The number of rotatable bonds is 8. The van der Waals surface area contributed by atoms with Crippen LogP contribution in [0.4, 0.5) is 0 Å². The third kappa shape index (κ3) is 5.77. The third-order valence-electron chi connectivity index (χ3n) is 5.40. The van der Waals surface area contributed by atoms with Gasteiger partial charge in [0, 0.05) is 39.3 Å². The van der Waals surface area contributed by atoms with Gasteiger partial charge in [0.15, 0.2) is 0 Å². The molecule has 2 aromatic carbocycles. The summed E-state index contributed by atoms with van der Waals surface area (Å²) in [6, 6.07) is 14.5. The lowest BCUT2D eigenvalue weighted by Gasteiger charge is -2.35. The molecule has 0 N–H and O–H groups in total. The average Bonchev–Trinajstić information content (AvgIpc) is 2.78. The molecule has 1 aliphatic heterocycles. The van der Waals surface area contributed by atoms with Crippen molar-refractivity contribution in [2.75, 3.05) is 46.4 Å². The van der Waals surface area contributed by atoms with Gasteiger partial charge >= 0.3 is 0 Å². The van der Waals surface area contributed by atoms with Crippen molar-refractivity contribution in [3.8, 4) is 5.75 Å². The van der Waals surface area contributed by atoms with Crippen molar-refractivity contribution in [2.24, 2.45) is 0 Å². The molecule has 9 heteroatoms. The number of piperazine rings is 1. The molecule has 1 fully saturated rings. The van der Waals surface area contributed by atoms with Crippen molar-refractivity contribution in [1.82, 2.24) is 14.1 Å². The fourth-order valence-corrected chi connectivity index (χ4v) is 5.32. The van der Waals surface area contributed by atoms with E-state index in [4.69, 9.17) is 16.3 Å².